The predicted molar refractivity (Wildman–Crippen MR) is 103 cm³/mol. The minimum atomic E-state index is 0.224. The summed E-state index contributed by atoms with van der Waals surface area (Å²) in [5, 5.41) is 9.47. The lowest BCUT2D eigenvalue weighted by Crippen LogP contribution is -2.53. The molecule has 148 valence electrons. The molecule has 0 radical (unpaired) electrons. The first-order valence-corrected chi connectivity index (χ1v) is 9.38. The van der Waals surface area contributed by atoms with Gasteiger partial charge in [0.25, 0.3) is 0 Å². The maximum atomic E-state index is 9.47. The minimum Gasteiger partial charge on any atom is -0.496 e. The molecule has 1 aliphatic rings. The molecule has 0 unspecified atom stereocenters. The van der Waals surface area contributed by atoms with Crippen molar-refractivity contribution in [1.29, 1.82) is 0 Å². The molecule has 1 atom stereocenters. The van der Waals surface area contributed by atoms with E-state index >= 15 is 0 Å². The SMILES string of the molecule is COc1cc(OC)c(CN2CCN(CC(C)C)[C@@H](CCO)C2)c(OC)c1. The molecule has 1 aromatic carbocycles. The summed E-state index contributed by atoms with van der Waals surface area (Å²) < 4.78 is 16.5. The molecule has 0 saturated carbocycles. The molecule has 1 N–H and O–H groups in total. The largest absolute Gasteiger partial charge is 0.496 e. The molecule has 0 aromatic heterocycles. The summed E-state index contributed by atoms with van der Waals surface area (Å²) in [6.45, 7) is 9.50. The monoisotopic (exact) mass is 366 g/mol. The van der Waals surface area contributed by atoms with Gasteiger partial charge < -0.3 is 19.3 Å². The molecule has 6 heteroatoms. The van der Waals surface area contributed by atoms with Gasteiger partial charge in [0.05, 0.1) is 26.9 Å². The fourth-order valence-electron chi connectivity index (χ4n) is 3.69. The van der Waals surface area contributed by atoms with Gasteiger partial charge in [0, 0.05) is 57.5 Å². The fourth-order valence-corrected chi connectivity index (χ4v) is 3.69. The van der Waals surface area contributed by atoms with Crippen molar-refractivity contribution in [3.8, 4) is 17.2 Å². The van der Waals surface area contributed by atoms with Crippen LogP contribution in [0.25, 0.3) is 0 Å². The van der Waals surface area contributed by atoms with E-state index in [1.54, 1.807) is 21.3 Å². The van der Waals surface area contributed by atoms with Gasteiger partial charge in [-0.05, 0) is 12.3 Å². The minimum absolute atomic E-state index is 0.224. The zero-order valence-electron chi connectivity index (χ0n) is 16.8. The molecule has 0 bridgehead atoms. The molecule has 0 spiro atoms. The third kappa shape index (κ3) is 5.25. The van der Waals surface area contributed by atoms with Gasteiger partial charge in [0.15, 0.2) is 0 Å². The second-order valence-corrected chi connectivity index (χ2v) is 7.30. The highest BCUT2D eigenvalue weighted by molar-refractivity contribution is 5.50. The summed E-state index contributed by atoms with van der Waals surface area (Å²) in [7, 11) is 4.99. The Balaban J connectivity index is 2.15. The van der Waals surface area contributed by atoms with Crippen molar-refractivity contribution >= 4 is 0 Å². The van der Waals surface area contributed by atoms with Crippen molar-refractivity contribution in [2.75, 3.05) is 54.1 Å². The molecule has 6 nitrogen and oxygen atoms in total. The van der Waals surface area contributed by atoms with Gasteiger partial charge in [-0.1, -0.05) is 13.8 Å². The first kappa shape index (κ1) is 20.8. The van der Waals surface area contributed by atoms with Crippen molar-refractivity contribution in [2.24, 2.45) is 5.92 Å². The van der Waals surface area contributed by atoms with E-state index in [1.807, 2.05) is 12.1 Å². The van der Waals surface area contributed by atoms with Crippen LogP contribution in [0.2, 0.25) is 0 Å². The van der Waals surface area contributed by atoms with Gasteiger partial charge >= 0.3 is 0 Å². The van der Waals surface area contributed by atoms with E-state index in [-0.39, 0.29) is 6.61 Å². The summed E-state index contributed by atoms with van der Waals surface area (Å²) in [5.74, 6) is 2.92. The fraction of sp³-hybridized carbons (Fsp3) is 0.700. The number of hydrogen-bond acceptors (Lipinski definition) is 6. The van der Waals surface area contributed by atoms with Gasteiger partial charge in [0.2, 0.25) is 0 Å². The molecule has 2 rings (SSSR count). The maximum absolute atomic E-state index is 9.47. The van der Waals surface area contributed by atoms with Crippen molar-refractivity contribution in [3.05, 3.63) is 17.7 Å². The summed E-state index contributed by atoms with van der Waals surface area (Å²) in [4.78, 5) is 4.93. The van der Waals surface area contributed by atoms with Crippen LogP contribution in [0.15, 0.2) is 12.1 Å². The Hall–Kier alpha value is -1.50. The summed E-state index contributed by atoms with van der Waals surface area (Å²) in [5.41, 5.74) is 1.04. The van der Waals surface area contributed by atoms with Gasteiger partial charge in [-0.15, -0.1) is 0 Å². The summed E-state index contributed by atoms with van der Waals surface area (Å²) >= 11 is 0. The zero-order chi connectivity index (χ0) is 19.1. The number of hydrogen-bond donors (Lipinski definition) is 1. The van der Waals surface area contributed by atoms with E-state index in [2.05, 4.69) is 23.6 Å². The number of rotatable bonds is 9. The van der Waals surface area contributed by atoms with Gasteiger partial charge in [-0.25, -0.2) is 0 Å². The Morgan fingerprint density at radius 2 is 1.73 bits per heavy atom. The van der Waals surface area contributed by atoms with E-state index in [1.165, 1.54) is 0 Å². The lowest BCUT2D eigenvalue weighted by Gasteiger charge is -2.42. The molecular weight excluding hydrogens is 332 g/mol. The van der Waals surface area contributed by atoms with Crippen molar-refractivity contribution in [3.63, 3.8) is 0 Å². The molecule has 1 heterocycles. The molecule has 1 aromatic rings. The Kier molecular flexibility index (Phi) is 8.00. The molecule has 1 fully saturated rings. The average molecular weight is 367 g/mol. The van der Waals surface area contributed by atoms with Crippen LogP contribution in [0, 0.1) is 5.92 Å². The summed E-state index contributed by atoms with van der Waals surface area (Å²) in [6, 6.07) is 4.18. The van der Waals surface area contributed by atoms with Gasteiger partial charge in [-0.2, -0.15) is 0 Å². The van der Waals surface area contributed by atoms with E-state index in [0.29, 0.717) is 12.0 Å². The standard InChI is InChI=1S/C20H34N2O4/c1-15(2)12-22-8-7-21(13-16(22)6-9-23)14-18-19(25-4)10-17(24-3)11-20(18)26-5/h10-11,15-16,23H,6-9,12-14H2,1-5H3/t16-/m0/s1. The number of nitrogens with zero attached hydrogens (tertiary/aromatic N) is 2. The van der Waals surface area contributed by atoms with E-state index in [9.17, 15) is 5.11 Å². The quantitative estimate of drug-likeness (QED) is 0.723. The van der Waals surface area contributed by atoms with Crippen LogP contribution in [0.3, 0.4) is 0 Å². The predicted octanol–water partition coefficient (Wildman–Crippen LogP) is 2.24. The van der Waals surface area contributed by atoms with E-state index in [4.69, 9.17) is 14.2 Å². The molecule has 1 saturated heterocycles. The third-order valence-electron chi connectivity index (χ3n) is 4.95. The smallest absolute Gasteiger partial charge is 0.130 e. The van der Waals surface area contributed by atoms with Crippen LogP contribution in [0.1, 0.15) is 25.8 Å². The van der Waals surface area contributed by atoms with E-state index in [0.717, 1.165) is 62.0 Å². The van der Waals surface area contributed by atoms with Crippen LogP contribution in [0.5, 0.6) is 17.2 Å². The first-order chi connectivity index (χ1) is 12.5. The second kappa shape index (κ2) is 10.00. The van der Waals surface area contributed by atoms with E-state index < -0.39 is 0 Å². The number of methoxy groups -OCH3 is 3. The Bertz CT molecular complexity index is 540. The van der Waals surface area contributed by atoms with Crippen LogP contribution in [-0.4, -0.2) is 75.1 Å². The summed E-state index contributed by atoms with van der Waals surface area (Å²) in [6.07, 6.45) is 0.806. The normalized spacial score (nSPS) is 19.0. The highest BCUT2D eigenvalue weighted by Crippen LogP contribution is 2.35. The number of piperazine rings is 1. The van der Waals surface area contributed by atoms with Crippen LogP contribution in [-0.2, 0) is 6.54 Å². The first-order valence-electron chi connectivity index (χ1n) is 9.38. The lowest BCUT2D eigenvalue weighted by atomic mass is 10.0. The Labute approximate surface area is 157 Å². The topological polar surface area (TPSA) is 54.4 Å². The lowest BCUT2D eigenvalue weighted by molar-refractivity contribution is 0.0470. The average Bonchev–Trinajstić information content (AvgIpc) is 2.63. The van der Waals surface area contributed by atoms with Gasteiger partial charge in [0.1, 0.15) is 17.2 Å². The molecule has 26 heavy (non-hydrogen) atoms. The van der Waals surface area contributed by atoms with Gasteiger partial charge in [-0.3, -0.25) is 9.80 Å². The number of benzene rings is 1. The maximum Gasteiger partial charge on any atom is 0.130 e. The molecular formula is C20H34N2O4. The van der Waals surface area contributed by atoms with Crippen LogP contribution < -0.4 is 14.2 Å². The number of ether oxygens (including phenoxy) is 3. The van der Waals surface area contributed by atoms with Crippen molar-refractivity contribution in [2.45, 2.75) is 32.9 Å². The second-order valence-electron chi connectivity index (χ2n) is 7.30. The highest BCUT2D eigenvalue weighted by atomic mass is 16.5. The number of aliphatic hydroxyl groups is 1. The number of aliphatic hydroxyl groups excluding tert-OH is 1. The molecule has 0 aliphatic carbocycles. The third-order valence-corrected chi connectivity index (χ3v) is 4.95. The zero-order valence-corrected chi connectivity index (χ0v) is 16.8. The van der Waals surface area contributed by atoms with Crippen LogP contribution in [0.4, 0.5) is 0 Å². The molecule has 1 aliphatic heterocycles. The van der Waals surface area contributed by atoms with Crippen LogP contribution >= 0.6 is 0 Å². The Morgan fingerprint density at radius 3 is 2.23 bits per heavy atom. The van der Waals surface area contributed by atoms with Crippen molar-refractivity contribution < 1.29 is 19.3 Å². The molecule has 0 amide bonds. The Morgan fingerprint density at radius 1 is 1.08 bits per heavy atom. The highest BCUT2D eigenvalue weighted by Gasteiger charge is 2.28. The van der Waals surface area contributed by atoms with Crippen molar-refractivity contribution in [1.82, 2.24) is 9.80 Å².